The average molecular weight is 478 g/mol. The predicted molar refractivity (Wildman–Crippen MR) is 125 cm³/mol. The fourth-order valence-electron chi connectivity index (χ4n) is 3.68. The molecule has 2 atom stereocenters. The Kier molecular flexibility index (Phi) is 7.86. The molecular weight excluding hydrogens is 447 g/mol. The first-order valence-corrected chi connectivity index (χ1v) is 11.0. The molecule has 1 unspecified atom stereocenters. The molecule has 0 saturated heterocycles. The summed E-state index contributed by atoms with van der Waals surface area (Å²) in [6, 6.07) is 6.83. The highest BCUT2D eigenvalue weighted by atomic mass is 19.3. The third kappa shape index (κ3) is 5.52. The predicted octanol–water partition coefficient (Wildman–Crippen LogP) is 6.17. The minimum Gasteiger partial charge on any atom is -0.493 e. The maximum absolute atomic E-state index is 14.9. The summed E-state index contributed by atoms with van der Waals surface area (Å²) in [5.41, 5.74) is 0.0604. The third-order valence-electron chi connectivity index (χ3n) is 5.63. The van der Waals surface area contributed by atoms with Gasteiger partial charge in [-0.1, -0.05) is 25.1 Å². The fourth-order valence-corrected chi connectivity index (χ4v) is 3.68. The van der Waals surface area contributed by atoms with E-state index in [0.717, 1.165) is 12.5 Å². The first kappa shape index (κ1) is 25.6. The van der Waals surface area contributed by atoms with Crippen LogP contribution in [0.2, 0.25) is 0 Å². The highest BCUT2D eigenvalue weighted by molar-refractivity contribution is 5.92. The van der Waals surface area contributed by atoms with Crippen molar-refractivity contribution in [3.05, 3.63) is 53.1 Å². The highest BCUT2D eigenvalue weighted by Crippen LogP contribution is 2.37. The first-order chi connectivity index (χ1) is 16.1. The third-order valence-corrected chi connectivity index (χ3v) is 5.63. The molecule has 0 aliphatic carbocycles. The largest absolute Gasteiger partial charge is 0.493 e. The van der Waals surface area contributed by atoms with E-state index in [9.17, 15) is 13.2 Å². The van der Waals surface area contributed by atoms with Crippen LogP contribution < -0.4 is 14.8 Å². The molecule has 0 amide bonds. The van der Waals surface area contributed by atoms with Crippen LogP contribution >= 0.6 is 0 Å². The number of hydrogen-bond acceptors (Lipinski definition) is 6. The number of nitrogens with one attached hydrogen (secondary N) is 1. The van der Waals surface area contributed by atoms with Gasteiger partial charge in [0.25, 0.3) is 5.92 Å². The van der Waals surface area contributed by atoms with E-state index in [-0.39, 0.29) is 11.7 Å². The zero-order valence-corrected chi connectivity index (χ0v) is 20.2. The monoisotopic (exact) mass is 477 g/mol. The number of rotatable bonds is 10. The number of halogens is 3. The van der Waals surface area contributed by atoms with Gasteiger partial charge in [0, 0.05) is 31.0 Å². The lowest BCUT2D eigenvalue weighted by Crippen LogP contribution is -2.19. The summed E-state index contributed by atoms with van der Waals surface area (Å²) in [5.74, 6) is -2.35. The molecule has 0 saturated carbocycles. The lowest BCUT2D eigenvalue weighted by atomic mass is 10.0. The SMILES string of the molecule is CCC(COc1cc2c(N[C@H](C)c3cccc(C(C)(F)F)c3F)nc(C)nc2cc1OC)OC. The fraction of sp³-hybridized carbons (Fsp3) is 0.440. The van der Waals surface area contributed by atoms with E-state index in [4.69, 9.17) is 14.2 Å². The van der Waals surface area contributed by atoms with E-state index >= 15 is 0 Å². The first-order valence-electron chi connectivity index (χ1n) is 11.0. The molecule has 2 aromatic carbocycles. The van der Waals surface area contributed by atoms with Crippen LogP contribution in [0.15, 0.2) is 30.3 Å². The van der Waals surface area contributed by atoms with E-state index < -0.39 is 23.3 Å². The molecule has 1 heterocycles. The second kappa shape index (κ2) is 10.5. The Hall–Kier alpha value is -3.07. The van der Waals surface area contributed by atoms with Crippen molar-refractivity contribution >= 4 is 16.7 Å². The molecule has 0 aliphatic rings. The Morgan fingerprint density at radius 2 is 1.85 bits per heavy atom. The van der Waals surface area contributed by atoms with Gasteiger partial charge in [-0.25, -0.2) is 23.1 Å². The normalized spacial score (nSPS) is 13.6. The van der Waals surface area contributed by atoms with Crippen LogP contribution in [0.1, 0.15) is 50.2 Å². The van der Waals surface area contributed by atoms with E-state index in [1.54, 1.807) is 33.1 Å². The number of aromatic nitrogens is 2. The molecule has 184 valence electrons. The molecule has 1 N–H and O–H groups in total. The number of ether oxygens (including phenoxy) is 3. The average Bonchev–Trinajstić information content (AvgIpc) is 2.78. The number of aryl methyl sites for hydroxylation is 1. The Morgan fingerprint density at radius 3 is 2.47 bits per heavy atom. The molecule has 0 bridgehead atoms. The molecular formula is C25H30F3N3O3. The Balaban J connectivity index is 2.01. The van der Waals surface area contributed by atoms with Gasteiger partial charge < -0.3 is 19.5 Å². The Labute approximate surface area is 197 Å². The maximum atomic E-state index is 14.9. The van der Waals surface area contributed by atoms with E-state index in [1.807, 2.05) is 6.92 Å². The number of fused-ring (bicyclic) bond motifs is 1. The zero-order chi connectivity index (χ0) is 25.0. The van der Waals surface area contributed by atoms with Crippen molar-refractivity contribution in [2.45, 2.75) is 52.2 Å². The summed E-state index contributed by atoms with van der Waals surface area (Å²) in [5, 5.41) is 3.78. The number of nitrogens with zero attached hydrogens (tertiary/aromatic N) is 2. The lowest BCUT2D eigenvalue weighted by molar-refractivity contribution is 0.0136. The van der Waals surface area contributed by atoms with Gasteiger partial charge in [0.2, 0.25) is 0 Å². The van der Waals surface area contributed by atoms with Gasteiger partial charge in [0.15, 0.2) is 11.5 Å². The summed E-state index contributed by atoms with van der Waals surface area (Å²) in [6.07, 6.45) is 0.694. The van der Waals surface area contributed by atoms with Crippen LogP contribution in [-0.4, -0.2) is 36.9 Å². The van der Waals surface area contributed by atoms with Gasteiger partial charge in [-0.05, 0) is 26.3 Å². The van der Waals surface area contributed by atoms with Crippen LogP contribution in [0, 0.1) is 12.7 Å². The molecule has 34 heavy (non-hydrogen) atoms. The van der Waals surface area contributed by atoms with Crippen molar-refractivity contribution in [3.63, 3.8) is 0 Å². The summed E-state index contributed by atoms with van der Waals surface area (Å²) in [6.45, 7) is 6.41. The van der Waals surface area contributed by atoms with Crippen molar-refractivity contribution in [2.75, 3.05) is 26.1 Å². The number of benzene rings is 2. The number of anilines is 1. The van der Waals surface area contributed by atoms with Crippen molar-refractivity contribution in [3.8, 4) is 11.5 Å². The molecule has 9 heteroatoms. The topological polar surface area (TPSA) is 65.5 Å². The van der Waals surface area contributed by atoms with E-state index in [0.29, 0.717) is 47.6 Å². The molecule has 0 aliphatic heterocycles. The van der Waals surface area contributed by atoms with Gasteiger partial charge in [-0.15, -0.1) is 0 Å². The molecule has 6 nitrogen and oxygen atoms in total. The number of methoxy groups -OCH3 is 2. The van der Waals surface area contributed by atoms with Gasteiger partial charge in [-0.3, -0.25) is 0 Å². The van der Waals surface area contributed by atoms with Crippen molar-refractivity contribution in [2.24, 2.45) is 0 Å². The van der Waals surface area contributed by atoms with Crippen LogP contribution in [0.5, 0.6) is 11.5 Å². The van der Waals surface area contributed by atoms with Gasteiger partial charge in [0.05, 0.1) is 30.3 Å². The zero-order valence-electron chi connectivity index (χ0n) is 20.2. The van der Waals surface area contributed by atoms with Gasteiger partial charge >= 0.3 is 0 Å². The second-order valence-electron chi connectivity index (χ2n) is 8.18. The molecule has 3 rings (SSSR count). The molecule has 0 radical (unpaired) electrons. The molecule has 3 aromatic rings. The summed E-state index contributed by atoms with van der Waals surface area (Å²) >= 11 is 0. The summed E-state index contributed by atoms with van der Waals surface area (Å²) in [4.78, 5) is 8.95. The Bertz CT molecular complexity index is 1150. The highest BCUT2D eigenvalue weighted by Gasteiger charge is 2.30. The van der Waals surface area contributed by atoms with Crippen molar-refractivity contribution in [1.82, 2.24) is 9.97 Å². The standard InChI is InChI=1S/C25H30F3N3O3/c1-7-16(32-5)13-34-22-11-18-20(12-21(22)33-6)30-15(3)31-24(18)29-14(2)17-9-8-10-19(23(17)26)25(4,27)28/h8-12,14,16H,7,13H2,1-6H3,(H,29,30,31)/t14-,16?/m1/s1. The minimum absolute atomic E-state index is 0.0840. The summed E-state index contributed by atoms with van der Waals surface area (Å²) in [7, 11) is 3.16. The number of hydrogen-bond donors (Lipinski definition) is 1. The smallest absolute Gasteiger partial charge is 0.273 e. The number of alkyl halides is 2. The van der Waals surface area contributed by atoms with E-state index in [2.05, 4.69) is 15.3 Å². The lowest BCUT2D eigenvalue weighted by Gasteiger charge is -2.21. The second-order valence-corrected chi connectivity index (χ2v) is 8.18. The maximum Gasteiger partial charge on any atom is 0.273 e. The van der Waals surface area contributed by atoms with Crippen molar-refractivity contribution in [1.29, 1.82) is 0 Å². The summed E-state index contributed by atoms with van der Waals surface area (Å²) < 4.78 is 59.4. The van der Waals surface area contributed by atoms with Crippen LogP contribution in [0.3, 0.4) is 0 Å². The Morgan fingerprint density at radius 1 is 1.12 bits per heavy atom. The minimum atomic E-state index is -3.29. The van der Waals surface area contributed by atoms with E-state index in [1.165, 1.54) is 19.2 Å². The molecule has 1 aromatic heterocycles. The quantitative estimate of drug-likeness (QED) is 0.377. The van der Waals surface area contributed by atoms with Crippen molar-refractivity contribution < 1.29 is 27.4 Å². The molecule has 0 fully saturated rings. The van der Waals surface area contributed by atoms with Gasteiger partial charge in [0.1, 0.15) is 24.1 Å². The molecule has 0 spiro atoms. The van der Waals surface area contributed by atoms with Gasteiger partial charge in [-0.2, -0.15) is 0 Å². The van der Waals surface area contributed by atoms with Crippen LogP contribution in [-0.2, 0) is 10.7 Å². The van der Waals surface area contributed by atoms with Crippen LogP contribution in [0.25, 0.3) is 10.9 Å². The van der Waals surface area contributed by atoms with Crippen LogP contribution in [0.4, 0.5) is 19.0 Å².